The van der Waals surface area contributed by atoms with Crippen LogP contribution in [0.5, 0.6) is 0 Å². The molecule has 104 valence electrons. The van der Waals surface area contributed by atoms with Gasteiger partial charge in [0.25, 0.3) is 5.91 Å². The SMILES string of the molecule is CC(C)(C)SCC(=O)NNC(=O)c1ccccc1F. The number of hydrazine groups is 1. The Morgan fingerprint density at radius 2 is 1.84 bits per heavy atom. The number of amides is 2. The highest BCUT2D eigenvalue weighted by Gasteiger charge is 2.15. The summed E-state index contributed by atoms with van der Waals surface area (Å²) in [6.45, 7) is 5.97. The summed E-state index contributed by atoms with van der Waals surface area (Å²) in [6, 6.07) is 5.58. The Morgan fingerprint density at radius 1 is 1.21 bits per heavy atom. The van der Waals surface area contributed by atoms with Crippen LogP contribution >= 0.6 is 11.8 Å². The number of rotatable bonds is 3. The molecule has 1 aromatic rings. The topological polar surface area (TPSA) is 58.2 Å². The van der Waals surface area contributed by atoms with Crippen LogP contribution in [0, 0.1) is 5.82 Å². The Hall–Kier alpha value is -1.56. The van der Waals surface area contributed by atoms with E-state index in [1.54, 1.807) is 6.07 Å². The van der Waals surface area contributed by atoms with Crippen LogP contribution in [0.3, 0.4) is 0 Å². The first kappa shape index (κ1) is 15.5. The van der Waals surface area contributed by atoms with Crippen molar-refractivity contribution in [2.24, 2.45) is 0 Å². The lowest BCUT2D eigenvalue weighted by Gasteiger charge is -2.17. The summed E-state index contributed by atoms with van der Waals surface area (Å²) in [5, 5.41) is 0. The molecule has 0 atom stereocenters. The number of thioether (sulfide) groups is 1. The van der Waals surface area contributed by atoms with Gasteiger partial charge in [0.05, 0.1) is 11.3 Å². The molecule has 2 N–H and O–H groups in total. The molecule has 0 aliphatic carbocycles. The monoisotopic (exact) mass is 284 g/mol. The normalized spacial score (nSPS) is 10.9. The second-order valence-electron chi connectivity index (χ2n) is 4.88. The van der Waals surface area contributed by atoms with E-state index < -0.39 is 11.7 Å². The van der Waals surface area contributed by atoms with Crippen molar-refractivity contribution in [1.82, 2.24) is 10.9 Å². The van der Waals surface area contributed by atoms with Crippen LogP contribution in [0.2, 0.25) is 0 Å². The molecule has 0 heterocycles. The van der Waals surface area contributed by atoms with E-state index in [1.807, 2.05) is 20.8 Å². The molecule has 6 heteroatoms. The van der Waals surface area contributed by atoms with E-state index in [4.69, 9.17) is 0 Å². The summed E-state index contributed by atoms with van der Waals surface area (Å²) >= 11 is 1.45. The number of halogens is 1. The van der Waals surface area contributed by atoms with Crippen LogP contribution in [0.25, 0.3) is 0 Å². The van der Waals surface area contributed by atoms with E-state index in [0.29, 0.717) is 0 Å². The Morgan fingerprint density at radius 3 is 2.42 bits per heavy atom. The molecular weight excluding hydrogens is 267 g/mol. The maximum absolute atomic E-state index is 13.3. The molecule has 0 aliphatic heterocycles. The minimum atomic E-state index is -0.674. The van der Waals surface area contributed by atoms with Crippen LogP contribution in [0.1, 0.15) is 31.1 Å². The molecule has 0 aromatic heterocycles. The van der Waals surface area contributed by atoms with Gasteiger partial charge in [-0.1, -0.05) is 32.9 Å². The molecule has 2 amide bonds. The molecule has 1 aromatic carbocycles. The number of nitrogens with one attached hydrogen (secondary N) is 2. The lowest BCUT2D eigenvalue weighted by molar-refractivity contribution is -0.119. The van der Waals surface area contributed by atoms with Crippen molar-refractivity contribution in [3.8, 4) is 0 Å². The molecule has 1 rings (SSSR count). The zero-order valence-electron chi connectivity index (χ0n) is 11.1. The van der Waals surface area contributed by atoms with Gasteiger partial charge >= 0.3 is 0 Å². The Kier molecular flexibility index (Phi) is 5.35. The number of carbonyl (C=O) groups excluding carboxylic acids is 2. The van der Waals surface area contributed by atoms with Gasteiger partial charge in [-0.2, -0.15) is 0 Å². The minimum Gasteiger partial charge on any atom is -0.272 e. The number of hydrogen-bond donors (Lipinski definition) is 2. The molecule has 0 bridgehead atoms. The molecule has 0 saturated heterocycles. The smallest absolute Gasteiger partial charge is 0.272 e. The van der Waals surface area contributed by atoms with Gasteiger partial charge in [0.15, 0.2) is 0 Å². The van der Waals surface area contributed by atoms with E-state index in [1.165, 1.54) is 30.0 Å². The second kappa shape index (κ2) is 6.56. The van der Waals surface area contributed by atoms with E-state index in [2.05, 4.69) is 10.9 Å². The van der Waals surface area contributed by atoms with Crippen molar-refractivity contribution in [2.45, 2.75) is 25.5 Å². The van der Waals surface area contributed by atoms with Crippen LogP contribution in [-0.2, 0) is 4.79 Å². The molecule has 19 heavy (non-hydrogen) atoms. The van der Waals surface area contributed by atoms with Gasteiger partial charge in [0.2, 0.25) is 5.91 Å². The summed E-state index contributed by atoms with van der Waals surface area (Å²) < 4.78 is 13.3. The first-order chi connectivity index (χ1) is 8.79. The van der Waals surface area contributed by atoms with Crippen molar-refractivity contribution in [1.29, 1.82) is 0 Å². The fourth-order valence-electron chi connectivity index (χ4n) is 1.16. The van der Waals surface area contributed by atoms with Gasteiger partial charge < -0.3 is 0 Å². The third kappa shape index (κ3) is 5.74. The second-order valence-corrected chi connectivity index (χ2v) is 6.69. The molecule has 0 radical (unpaired) electrons. The van der Waals surface area contributed by atoms with Crippen molar-refractivity contribution >= 4 is 23.6 Å². The third-order valence-corrected chi connectivity index (χ3v) is 3.34. The summed E-state index contributed by atoms with van der Waals surface area (Å²) in [6.07, 6.45) is 0. The summed E-state index contributed by atoms with van der Waals surface area (Å²) in [4.78, 5) is 23.1. The lowest BCUT2D eigenvalue weighted by Crippen LogP contribution is -2.43. The van der Waals surface area contributed by atoms with Gasteiger partial charge in [0.1, 0.15) is 5.82 Å². The zero-order chi connectivity index (χ0) is 14.5. The van der Waals surface area contributed by atoms with Gasteiger partial charge in [-0.25, -0.2) is 4.39 Å². The summed E-state index contributed by atoms with van der Waals surface area (Å²) in [5.74, 6) is -1.41. The molecular formula is C13H17FN2O2S. The average molecular weight is 284 g/mol. The number of carbonyl (C=O) groups is 2. The van der Waals surface area contributed by atoms with Crippen molar-refractivity contribution < 1.29 is 14.0 Å². The Labute approximate surface area is 116 Å². The average Bonchev–Trinajstić information content (AvgIpc) is 2.33. The molecule has 0 spiro atoms. The Bertz CT molecular complexity index is 472. The first-order valence-electron chi connectivity index (χ1n) is 5.77. The van der Waals surface area contributed by atoms with Crippen molar-refractivity contribution in [3.05, 3.63) is 35.6 Å². The van der Waals surface area contributed by atoms with E-state index in [9.17, 15) is 14.0 Å². The van der Waals surface area contributed by atoms with Crippen LogP contribution in [0.4, 0.5) is 4.39 Å². The first-order valence-corrected chi connectivity index (χ1v) is 6.76. The number of hydrogen-bond acceptors (Lipinski definition) is 3. The van der Waals surface area contributed by atoms with Gasteiger partial charge in [-0.3, -0.25) is 20.4 Å². The van der Waals surface area contributed by atoms with Gasteiger partial charge in [-0.15, -0.1) is 11.8 Å². The molecule has 4 nitrogen and oxygen atoms in total. The van der Waals surface area contributed by atoms with Gasteiger partial charge in [-0.05, 0) is 12.1 Å². The van der Waals surface area contributed by atoms with E-state index in [-0.39, 0.29) is 22.0 Å². The molecule has 0 aliphatic rings. The minimum absolute atomic E-state index is 0.0348. The zero-order valence-corrected chi connectivity index (χ0v) is 11.9. The Balaban J connectivity index is 2.43. The predicted molar refractivity (Wildman–Crippen MR) is 74.2 cm³/mol. The van der Waals surface area contributed by atoms with Crippen LogP contribution < -0.4 is 10.9 Å². The maximum atomic E-state index is 13.3. The van der Waals surface area contributed by atoms with E-state index in [0.717, 1.165) is 0 Å². The molecule has 0 fully saturated rings. The largest absolute Gasteiger partial charge is 0.272 e. The highest BCUT2D eigenvalue weighted by Crippen LogP contribution is 2.22. The van der Waals surface area contributed by atoms with Crippen molar-refractivity contribution in [3.63, 3.8) is 0 Å². The third-order valence-electron chi connectivity index (χ3n) is 2.07. The standard InChI is InChI=1S/C13H17FN2O2S/c1-13(2,3)19-8-11(17)15-16-12(18)9-6-4-5-7-10(9)14/h4-7H,8H2,1-3H3,(H,15,17)(H,16,18). The summed E-state index contributed by atoms with van der Waals surface area (Å²) in [5.41, 5.74) is 4.33. The molecule has 0 saturated carbocycles. The lowest BCUT2D eigenvalue weighted by atomic mass is 10.2. The number of benzene rings is 1. The van der Waals surface area contributed by atoms with Crippen molar-refractivity contribution in [2.75, 3.05) is 5.75 Å². The highest BCUT2D eigenvalue weighted by molar-refractivity contribution is 8.01. The fourth-order valence-corrected chi connectivity index (χ4v) is 1.79. The predicted octanol–water partition coefficient (Wildman–Crippen LogP) is 2.12. The molecule has 0 unspecified atom stereocenters. The van der Waals surface area contributed by atoms with Crippen LogP contribution in [0.15, 0.2) is 24.3 Å². The van der Waals surface area contributed by atoms with E-state index >= 15 is 0 Å². The summed E-state index contributed by atoms with van der Waals surface area (Å²) in [7, 11) is 0. The van der Waals surface area contributed by atoms with Gasteiger partial charge in [0, 0.05) is 4.75 Å². The van der Waals surface area contributed by atoms with Crippen LogP contribution in [-0.4, -0.2) is 22.3 Å². The highest BCUT2D eigenvalue weighted by atomic mass is 32.2. The fraction of sp³-hybridized carbons (Fsp3) is 0.385. The maximum Gasteiger partial charge on any atom is 0.272 e. The quantitative estimate of drug-likeness (QED) is 0.836.